The Kier molecular flexibility index (Phi) is 5.20. The van der Waals surface area contributed by atoms with Crippen molar-refractivity contribution in [3.8, 4) is 34.3 Å². The van der Waals surface area contributed by atoms with E-state index in [1.807, 2.05) is 37.5 Å². The summed E-state index contributed by atoms with van der Waals surface area (Å²) in [4.78, 5) is 0. The molecule has 2 aromatic carbocycles. The number of H-pyrrole nitrogens is 1. The van der Waals surface area contributed by atoms with Crippen molar-refractivity contribution >= 4 is 0 Å². The molecule has 0 amide bonds. The quantitative estimate of drug-likeness (QED) is 0.487. The van der Waals surface area contributed by atoms with E-state index in [1.165, 1.54) is 5.56 Å². The second-order valence-electron chi connectivity index (χ2n) is 6.70. The molecule has 2 aromatic heterocycles. The molecule has 0 aliphatic rings. The third-order valence-electron chi connectivity index (χ3n) is 4.57. The maximum Gasteiger partial charge on any atom is 0.173 e. The average molecular weight is 390 g/mol. The van der Waals surface area contributed by atoms with Crippen LogP contribution in [0.4, 0.5) is 0 Å². The molecule has 0 atom stereocenters. The van der Waals surface area contributed by atoms with Gasteiger partial charge in [-0.15, -0.1) is 0 Å². The van der Waals surface area contributed by atoms with Crippen molar-refractivity contribution in [2.45, 2.75) is 20.0 Å². The van der Waals surface area contributed by atoms with Gasteiger partial charge < -0.3 is 14.6 Å². The second-order valence-corrected chi connectivity index (χ2v) is 6.70. The minimum absolute atomic E-state index is 0.0733. The van der Waals surface area contributed by atoms with Crippen molar-refractivity contribution in [3.05, 3.63) is 72.2 Å². The number of hydrogen-bond donors (Lipinski definition) is 2. The summed E-state index contributed by atoms with van der Waals surface area (Å²) in [6.45, 7) is 2.48. The SMILES string of the molecule is CCc1ccc(Oc2cn[nH]c2-c2ccc(OCc3cnn(C)c3)cc2O)cc1. The van der Waals surface area contributed by atoms with Gasteiger partial charge in [-0.05, 0) is 36.2 Å². The molecule has 148 valence electrons. The van der Waals surface area contributed by atoms with Crippen LogP contribution in [0, 0.1) is 0 Å². The van der Waals surface area contributed by atoms with Crippen molar-refractivity contribution in [1.82, 2.24) is 20.0 Å². The van der Waals surface area contributed by atoms with Gasteiger partial charge in [0, 0.05) is 30.4 Å². The Bertz CT molecular complexity index is 1100. The predicted molar refractivity (Wildman–Crippen MR) is 109 cm³/mol. The first-order valence-electron chi connectivity index (χ1n) is 9.36. The van der Waals surface area contributed by atoms with Gasteiger partial charge in [-0.3, -0.25) is 9.78 Å². The molecule has 0 unspecified atom stereocenters. The molecule has 0 radical (unpaired) electrons. The standard InChI is InChI=1S/C22H22N4O3/c1-3-15-4-6-17(7-5-15)29-21-12-23-25-22(21)19-9-8-18(10-20(19)27)28-14-16-11-24-26(2)13-16/h4-13,27H,3,14H2,1-2H3,(H,23,25). The van der Waals surface area contributed by atoms with Crippen LogP contribution in [-0.4, -0.2) is 25.1 Å². The second kappa shape index (κ2) is 8.10. The van der Waals surface area contributed by atoms with E-state index in [1.54, 1.807) is 35.3 Å². The van der Waals surface area contributed by atoms with Crippen LogP contribution in [0.25, 0.3) is 11.3 Å². The van der Waals surface area contributed by atoms with Crippen molar-refractivity contribution in [2.24, 2.45) is 7.05 Å². The van der Waals surface area contributed by atoms with Gasteiger partial charge in [0.2, 0.25) is 0 Å². The summed E-state index contributed by atoms with van der Waals surface area (Å²) in [5.74, 6) is 1.88. The maximum absolute atomic E-state index is 10.5. The van der Waals surface area contributed by atoms with Gasteiger partial charge in [-0.25, -0.2) is 0 Å². The number of hydrogen-bond acceptors (Lipinski definition) is 5. The highest BCUT2D eigenvalue weighted by Crippen LogP contribution is 2.38. The van der Waals surface area contributed by atoms with E-state index in [4.69, 9.17) is 9.47 Å². The largest absolute Gasteiger partial charge is 0.507 e. The number of nitrogens with zero attached hydrogens (tertiary/aromatic N) is 3. The van der Waals surface area contributed by atoms with Crippen molar-refractivity contribution in [3.63, 3.8) is 0 Å². The van der Waals surface area contributed by atoms with E-state index in [2.05, 4.69) is 22.2 Å². The molecule has 0 bridgehead atoms. The first kappa shape index (κ1) is 18.6. The summed E-state index contributed by atoms with van der Waals surface area (Å²) in [5.41, 5.74) is 3.37. The number of phenolic OH excluding ortho intramolecular Hbond substituents is 1. The Morgan fingerprint density at radius 2 is 1.83 bits per heavy atom. The van der Waals surface area contributed by atoms with Crippen LogP contribution in [-0.2, 0) is 20.1 Å². The van der Waals surface area contributed by atoms with Crippen LogP contribution in [0.5, 0.6) is 23.0 Å². The zero-order chi connectivity index (χ0) is 20.2. The molecule has 0 aliphatic heterocycles. The van der Waals surface area contributed by atoms with Gasteiger partial charge in [-0.2, -0.15) is 10.2 Å². The highest BCUT2D eigenvalue weighted by atomic mass is 16.5. The molecule has 4 aromatic rings. The molecular formula is C22H22N4O3. The smallest absolute Gasteiger partial charge is 0.173 e. The van der Waals surface area contributed by atoms with Crippen LogP contribution in [0.2, 0.25) is 0 Å². The van der Waals surface area contributed by atoms with E-state index >= 15 is 0 Å². The molecule has 2 heterocycles. The van der Waals surface area contributed by atoms with Crippen LogP contribution in [0.15, 0.2) is 61.1 Å². The van der Waals surface area contributed by atoms with E-state index < -0.39 is 0 Å². The van der Waals surface area contributed by atoms with Gasteiger partial charge in [0.15, 0.2) is 5.75 Å². The molecule has 0 aliphatic carbocycles. The first-order valence-corrected chi connectivity index (χ1v) is 9.36. The Morgan fingerprint density at radius 3 is 2.52 bits per heavy atom. The summed E-state index contributed by atoms with van der Waals surface area (Å²) < 4.78 is 13.4. The van der Waals surface area contributed by atoms with Gasteiger partial charge in [-0.1, -0.05) is 19.1 Å². The number of aromatic amines is 1. The van der Waals surface area contributed by atoms with Crippen molar-refractivity contribution in [1.29, 1.82) is 0 Å². The van der Waals surface area contributed by atoms with Crippen molar-refractivity contribution in [2.75, 3.05) is 0 Å². The third-order valence-corrected chi connectivity index (χ3v) is 4.57. The van der Waals surface area contributed by atoms with E-state index in [-0.39, 0.29) is 5.75 Å². The van der Waals surface area contributed by atoms with E-state index in [0.717, 1.165) is 12.0 Å². The Hall–Kier alpha value is -3.74. The van der Waals surface area contributed by atoms with Crippen LogP contribution >= 0.6 is 0 Å². The molecule has 0 fully saturated rings. The monoisotopic (exact) mass is 390 g/mol. The number of aromatic hydroxyl groups is 1. The first-order chi connectivity index (χ1) is 14.1. The van der Waals surface area contributed by atoms with Crippen LogP contribution < -0.4 is 9.47 Å². The van der Waals surface area contributed by atoms with Gasteiger partial charge in [0.1, 0.15) is 29.5 Å². The number of phenols is 1. The number of nitrogens with one attached hydrogen (secondary N) is 1. The lowest BCUT2D eigenvalue weighted by Crippen LogP contribution is -1.94. The predicted octanol–water partition coefficient (Wildman–Crippen LogP) is 4.45. The number of benzene rings is 2. The molecule has 29 heavy (non-hydrogen) atoms. The topological polar surface area (TPSA) is 85.2 Å². The molecule has 2 N–H and O–H groups in total. The maximum atomic E-state index is 10.5. The lowest BCUT2D eigenvalue weighted by atomic mass is 10.1. The highest BCUT2D eigenvalue weighted by molar-refractivity contribution is 5.73. The van der Waals surface area contributed by atoms with Gasteiger partial charge >= 0.3 is 0 Å². The molecule has 7 heteroatoms. The fraction of sp³-hybridized carbons (Fsp3) is 0.182. The number of rotatable bonds is 7. The van der Waals surface area contributed by atoms with E-state index in [0.29, 0.717) is 35.1 Å². The average Bonchev–Trinajstić information content (AvgIpc) is 3.36. The minimum Gasteiger partial charge on any atom is -0.507 e. The molecule has 0 spiro atoms. The third kappa shape index (κ3) is 4.24. The zero-order valence-corrected chi connectivity index (χ0v) is 16.3. The highest BCUT2D eigenvalue weighted by Gasteiger charge is 2.15. The number of ether oxygens (including phenoxy) is 2. The van der Waals surface area contributed by atoms with Crippen molar-refractivity contribution < 1.29 is 14.6 Å². The Labute approximate surface area is 168 Å². The van der Waals surface area contributed by atoms with E-state index in [9.17, 15) is 5.11 Å². The fourth-order valence-corrected chi connectivity index (χ4v) is 2.99. The summed E-state index contributed by atoms with van der Waals surface area (Å²) >= 11 is 0. The Morgan fingerprint density at radius 1 is 1.03 bits per heavy atom. The normalized spacial score (nSPS) is 10.8. The van der Waals surface area contributed by atoms with Gasteiger partial charge in [0.25, 0.3) is 0 Å². The summed E-state index contributed by atoms with van der Waals surface area (Å²) in [5, 5.41) is 21.6. The van der Waals surface area contributed by atoms with Crippen LogP contribution in [0.3, 0.4) is 0 Å². The molecule has 7 nitrogen and oxygen atoms in total. The summed E-state index contributed by atoms with van der Waals surface area (Å²) in [6, 6.07) is 13.0. The lowest BCUT2D eigenvalue weighted by Gasteiger charge is -2.10. The van der Waals surface area contributed by atoms with Crippen LogP contribution in [0.1, 0.15) is 18.1 Å². The number of aromatic nitrogens is 4. The Balaban J connectivity index is 1.50. The lowest BCUT2D eigenvalue weighted by molar-refractivity contribution is 0.304. The molecule has 0 saturated heterocycles. The van der Waals surface area contributed by atoms with Gasteiger partial charge in [0.05, 0.1) is 12.4 Å². The number of aryl methyl sites for hydroxylation is 2. The zero-order valence-electron chi connectivity index (χ0n) is 16.3. The molecule has 4 rings (SSSR count). The molecular weight excluding hydrogens is 368 g/mol. The summed E-state index contributed by atoms with van der Waals surface area (Å²) in [7, 11) is 1.85. The fourth-order valence-electron chi connectivity index (χ4n) is 2.99. The minimum atomic E-state index is 0.0733. The molecule has 0 saturated carbocycles. The summed E-state index contributed by atoms with van der Waals surface area (Å²) in [6.07, 6.45) is 6.20.